The van der Waals surface area contributed by atoms with Crippen molar-refractivity contribution < 1.29 is 38.8 Å². The predicted octanol–water partition coefficient (Wildman–Crippen LogP) is -0.849. The summed E-state index contributed by atoms with van der Waals surface area (Å²) >= 11 is 0. The van der Waals surface area contributed by atoms with Crippen LogP contribution in [0.1, 0.15) is 0 Å². The number of carbonyl (C=O) groups excluding carboxylic acids is 2. The highest BCUT2D eigenvalue weighted by Gasteiger charge is 2.49. The molecule has 0 heterocycles. The van der Waals surface area contributed by atoms with E-state index in [2.05, 4.69) is 31.9 Å². The van der Waals surface area contributed by atoms with E-state index in [1.165, 1.54) is 24.3 Å². The molecule has 0 saturated heterocycles. The van der Waals surface area contributed by atoms with E-state index in [9.17, 15) is 38.8 Å². The number of anilines is 2. The Morgan fingerprint density at radius 1 is 0.605 bits per heavy atom. The Morgan fingerprint density at radius 3 is 1.29 bits per heavy atom. The number of urea groups is 2. The molecule has 1 aliphatic rings. The molecule has 0 spiro atoms. The lowest BCUT2D eigenvalue weighted by Crippen LogP contribution is -2.73. The zero-order valence-electron chi connectivity index (χ0n) is 19.4. The van der Waals surface area contributed by atoms with Crippen molar-refractivity contribution in [1.82, 2.24) is 21.3 Å². The molecule has 3 rings (SSSR count). The first-order valence-electron chi connectivity index (χ1n) is 11.0. The van der Waals surface area contributed by atoms with Gasteiger partial charge in [-0.25, -0.2) is 18.4 Å². The van der Waals surface area contributed by atoms with Gasteiger partial charge in [0.25, 0.3) is 0 Å². The molecule has 14 nitrogen and oxygen atoms in total. The summed E-state index contributed by atoms with van der Waals surface area (Å²) in [6, 6.07) is 4.64. The van der Waals surface area contributed by atoms with Gasteiger partial charge in [0.1, 0.15) is 29.9 Å². The van der Waals surface area contributed by atoms with E-state index in [1.807, 2.05) is 0 Å². The van der Waals surface area contributed by atoms with Crippen LogP contribution in [0.4, 0.5) is 29.7 Å². The molecule has 204 valence electrons. The highest BCUT2D eigenvalue weighted by atomic mass is 19.1. The lowest BCUT2D eigenvalue weighted by atomic mass is 9.81. The number of halogens is 2. The van der Waals surface area contributed by atoms with Crippen molar-refractivity contribution >= 4 is 35.4 Å². The van der Waals surface area contributed by atoms with Gasteiger partial charge in [0.05, 0.1) is 18.2 Å². The molecular weight excluding hydrogens is 510 g/mol. The molecule has 38 heavy (non-hydrogen) atoms. The number of aliphatic hydroxyl groups is 4. The highest BCUT2D eigenvalue weighted by molar-refractivity contribution is 6.02. The van der Waals surface area contributed by atoms with Crippen molar-refractivity contribution in [3.8, 4) is 0 Å². The van der Waals surface area contributed by atoms with Crippen LogP contribution in [0.2, 0.25) is 0 Å². The lowest BCUT2D eigenvalue weighted by Gasteiger charge is -2.44. The molecule has 4 atom stereocenters. The van der Waals surface area contributed by atoms with Gasteiger partial charge in [0.2, 0.25) is 0 Å². The van der Waals surface area contributed by atoms with Crippen LogP contribution in [0.3, 0.4) is 0 Å². The molecule has 16 heteroatoms. The van der Waals surface area contributed by atoms with E-state index in [0.29, 0.717) is 0 Å². The summed E-state index contributed by atoms with van der Waals surface area (Å²) in [7, 11) is 0. The van der Waals surface area contributed by atoms with Gasteiger partial charge in [-0.05, 0) is 48.5 Å². The van der Waals surface area contributed by atoms with Gasteiger partial charge in [-0.15, -0.1) is 0 Å². The molecule has 1 saturated carbocycles. The quantitative estimate of drug-likeness (QED) is 0.173. The van der Waals surface area contributed by atoms with Gasteiger partial charge in [-0.1, -0.05) is 0 Å². The van der Waals surface area contributed by atoms with Crippen LogP contribution in [0.25, 0.3) is 0 Å². The SMILES string of the molecule is N=C(NC(=O)Nc1ccc(F)cc1)NC1C(O)C(O)C(O)C(NC(=N)NC(=O)Nc2ccc(F)cc2)C1O. The van der Waals surface area contributed by atoms with Gasteiger partial charge in [-0.3, -0.25) is 21.5 Å². The molecule has 0 aromatic heterocycles. The molecular formula is C22H26F2N8O6. The Bertz CT molecular complexity index is 1080. The number of benzene rings is 2. The largest absolute Gasteiger partial charge is 0.389 e. The number of rotatable bonds is 4. The van der Waals surface area contributed by atoms with Crippen molar-refractivity contribution in [2.24, 2.45) is 0 Å². The van der Waals surface area contributed by atoms with Gasteiger partial charge >= 0.3 is 12.1 Å². The Balaban J connectivity index is 1.57. The minimum absolute atomic E-state index is 0.215. The van der Waals surface area contributed by atoms with Crippen LogP contribution < -0.4 is 31.9 Å². The third-order valence-corrected chi connectivity index (χ3v) is 5.47. The minimum atomic E-state index is -1.87. The van der Waals surface area contributed by atoms with Crippen molar-refractivity contribution in [1.29, 1.82) is 10.8 Å². The fourth-order valence-electron chi connectivity index (χ4n) is 3.62. The maximum atomic E-state index is 13.0. The number of amides is 4. The fourth-order valence-corrected chi connectivity index (χ4v) is 3.62. The van der Waals surface area contributed by atoms with Crippen molar-refractivity contribution in [3.63, 3.8) is 0 Å². The number of carbonyl (C=O) groups is 2. The van der Waals surface area contributed by atoms with Crippen LogP contribution in [-0.2, 0) is 0 Å². The Hall–Kier alpha value is -4.38. The topological polar surface area (TPSA) is 235 Å². The van der Waals surface area contributed by atoms with Crippen molar-refractivity contribution in [2.45, 2.75) is 36.5 Å². The molecule has 12 N–H and O–H groups in total. The zero-order chi connectivity index (χ0) is 28.0. The first kappa shape index (κ1) is 28.2. The second kappa shape index (κ2) is 12.2. The number of hydrogen-bond donors (Lipinski definition) is 12. The standard InChI is InChI=1S/C22H26F2N8O6/c23-9-1-5-11(6-2-9)27-21(37)31-19(25)29-13-15(33)14(17(35)18(36)16(13)34)30-20(26)32-22(38)28-12-7-3-10(24)4-8-12/h1-8,13-18,33-36H,(H4,25,27,29,31,37)(H4,26,28,30,32,38). The smallest absolute Gasteiger partial charge is 0.325 e. The maximum Gasteiger partial charge on any atom is 0.325 e. The summed E-state index contributed by atoms with van der Waals surface area (Å²) in [5, 5.41) is 70.8. The lowest BCUT2D eigenvalue weighted by molar-refractivity contribution is -0.144. The van der Waals surface area contributed by atoms with E-state index in [0.717, 1.165) is 24.3 Å². The Labute approximate surface area is 214 Å². The van der Waals surface area contributed by atoms with Crippen LogP contribution >= 0.6 is 0 Å². The average molecular weight is 536 g/mol. The molecule has 0 bridgehead atoms. The third-order valence-electron chi connectivity index (χ3n) is 5.47. The van der Waals surface area contributed by atoms with Gasteiger partial charge < -0.3 is 41.7 Å². The van der Waals surface area contributed by atoms with E-state index in [-0.39, 0.29) is 11.4 Å². The molecule has 1 aliphatic carbocycles. The van der Waals surface area contributed by atoms with Crippen LogP contribution in [-0.4, -0.2) is 80.9 Å². The zero-order valence-corrected chi connectivity index (χ0v) is 19.4. The average Bonchev–Trinajstić information content (AvgIpc) is 2.86. The van der Waals surface area contributed by atoms with Crippen LogP contribution in [0, 0.1) is 22.5 Å². The summed E-state index contributed by atoms with van der Waals surface area (Å²) in [4.78, 5) is 24.1. The molecule has 1 fully saturated rings. The molecule has 4 amide bonds. The first-order chi connectivity index (χ1) is 17.9. The summed E-state index contributed by atoms with van der Waals surface area (Å²) < 4.78 is 26.0. The third kappa shape index (κ3) is 7.32. The van der Waals surface area contributed by atoms with E-state index in [4.69, 9.17) is 10.8 Å². The Kier molecular flexibility index (Phi) is 9.08. The molecule has 0 aliphatic heterocycles. The molecule has 2 aromatic carbocycles. The van der Waals surface area contributed by atoms with E-state index < -0.39 is 72.1 Å². The second-order valence-electron chi connectivity index (χ2n) is 8.22. The second-order valence-corrected chi connectivity index (χ2v) is 8.22. The first-order valence-corrected chi connectivity index (χ1v) is 11.0. The monoisotopic (exact) mass is 536 g/mol. The normalized spacial score (nSPS) is 24.5. The van der Waals surface area contributed by atoms with Crippen LogP contribution in [0.5, 0.6) is 0 Å². The number of hydrogen-bond acceptors (Lipinski definition) is 8. The summed E-state index contributed by atoms with van der Waals surface area (Å²) in [6.45, 7) is 0. The highest BCUT2D eigenvalue weighted by Crippen LogP contribution is 2.22. The summed E-state index contributed by atoms with van der Waals surface area (Å²) in [5.41, 5.74) is 0.429. The van der Waals surface area contributed by atoms with E-state index >= 15 is 0 Å². The van der Waals surface area contributed by atoms with Gasteiger partial charge in [0.15, 0.2) is 11.9 Å². The maximum absolute atomic E-state index is 13.0. The fraction of sp³-hybridized carbons (Fsp3) is 0.273. The minimum Gasteiger partial charge on any atom is -0.389 e. The Morgan fingerprint density at radius 2 is 0.947 bits per heavy atom. The molecule has 2 aromatic rings. The molecule has 4 unspecified atom stereocenters. The number of nitrogens with one attached hydrogen (secondary N) is 8. The van der Waals surface area contributed by atoms with E-state index in [1.54, 1.807) is 0 Å². The molecule has 0 radical (unpaired) electrons. The number of guanidine groups is 2. The van der Waals surface area contributed by atoms with Crippen molar-refractivity contribution in [2.75, 3.05) is 10.6 Å². The van der Waals surface area contributed by atoms with Gasteiger partial charge in [-0.2, -0.15) is 0 Å². The predicted molar refractivity (Wildman–Crippen MR) is 130 cm³/mol. The number of aliphatic hydroxyl groups excluding tert-OH is 4. The summed E-state index contributed by atoms with van der Waals surface area (Å²) in [5.74, 6) is -2.46. The van der Waals surface area contributed by atoms with Gasteiger partial charge in [0, 0.05) is 11.4 Å². The summed E-state index contributed by atoms with van der Waals surface area (Å²) in [6.07, 6.45) is -7.25. The van der Waals surface area contributed by atoms with Crippen molar-refractivity contribution in [3.05, 3.63) is 60.2 Å². The van der Waals surface area contributed by atoms with Crippen LogP contribution in [0.15, 0.2) is 48.5 Å².